The van der Waals surface area contributed by atoms with E-state index in [1.54, 1.807) is 49.8 Å². The van der Waals surface area contributed by atoms with Gasteiger partial charge in [-0.15, -0.1) is 11.3 Å². The molecule has 17 nitrogen and oxygen atoms in total. The van der Waals surface area contributed by atoms with Crippen LogP contribution in [0, 0.1) is 24.0 Å². The molecule has 0 radical (unpaired) electrons. The molecule has 4 amide bonds. The number of H-pyrrole nitrogens is 1. The third-order valence-electron chi connectivity index (χ3n) is 14.3. The van der Waals surface area contributed by atoms with E-state index in [0.717, 1.165) is 51.9 Å². The number of aromatic amines is 1. The van der Waals surface area contributed by atoms with Gasteiger partial charge in [-0.1, -0.05) is 51.1 Å². The van der Waals surface area contributed by atoms with Crippen molar-refractivity contribution in [3.05, 3.63) is 130 Å². The Hall–Kier alpha value is -7.13. The van der Waals surface area contributed by atoms with Crippen LogP contribution in [0.4, 0.5) is 20.2 Å². The van der Waals surface area contributed by atoms with E-state index in [9.17, 15) is 37.9 Å². The van der Waals surface area contributed by atoms with Crippen LogP contribution in [0.15, 0.2) is 84.4 Å². The lowest BCUT2D eigenvalue weighted by Crippen LogP contribution is -2.59. The highest BCUT2D eigenvalue weighted by Gasteiger charge is 2.44. The van der Waals surface area contributed by atoms with E-state index >= 15 is 0 Å². The number of amides is 4. The highest BCUT2D eigenvalue weighted by atomic mass is 32.1. The van der Waals surface area contributed by atoms with Crippen LogP contribution in [0.3, 0.4) is 0 Å². The monoisotopic (exact) mass is 1060 g/mol. The number of ketones is 1. The van der Waals surface area contributed by atoms with Gasteiger partial charge >= 0.3 is 0 Å². The minimum absolute atomic E-state index is 0.0452. The molecule has 20 heteroatoms. The SMILES string of the molecule is Cc1ncsc1-c1ccc(CNC(=O)[C@@H]2C[C@@H](O)CN2C(=O)[C@@H](NC(=O)CNC(=O)CN2CCN(c3ccc(C(=O)c4n[nH]c5ccc(Cc6cc(F)cc(F)c6)cc45)c(NC4CCOCC4)c3)CC2)C(C)(C)C)cc1. The Bertz CT molecular complexity index is 3070. The van der Waals surface area contributed by atoms with Crippen molar-refractivity contribution >= 4 is 63.0 Å². The number of aliphatic hydroxyl groups is 1. The van der Waals surface area contributed by atoms with Gasteiger partial charge < -0.3 is 40.9 Å². The highest BCUT2D eigenvalue weighted by molar-refractivity contribution is 7.13. The molecule has 3 aliphatic rings. The van der Waals surface area contributed by atoms with Gasteiger partial charge in [0.25, 0.3) is 0 Å². The number of rotatable bonds is 17. The Kier molecular flexibility index (Phi) is 16.5. The van der Waals surface area contributed by atoms with Gasteiger partial charge in [0.1, 0.15) is 29.4 Å². The largest absolute Gasteiger partial charge is 0.391 e. The summed E-state index contributed by atoms with van der Waals surface area (Å²) in [7, 11) is 0. The summed E-state index contributed by atoms with van der Waals surface area (Å²) in [6.07, 6.45) is 0.925. The molecule has 0 unspecified atom stereocenters. The third kappa shape index (κ3) is 12.9. The minimum Gasteiger partial charge on any atom is -0.391 e. The quantitative estimate of drug-likeness (QED) is 0.0605. The number of carbonyl (C=O) groups is 5. The van der Waals surface area contributed by atoms with Gasteiger partial charge in [-0.25, -0.2) is 13.8 Å². The summed E-state index contributed by atoms with van der Waals surface area (Å²) >= 11 is 1.56. The maximum Gasteiger partial charge on any atom is 0.246 e. The fraction of sp³-hybridized carbons (Fsp3) is 0.411. The fourth-order valence-electron chi connectivity index (χ4n) is 10.1. The van der Waals surface area contributed by atoms with Crippen LogP contribution >= 0.6 is 11.3 Å². The number of nitrogens with one attached hydrogen (secondary N) is 5. The molecule has 3 fully saturated rings. The van der Waals surface area contributed by atoms with Gasteiger partial charge in [0, 0.05) is 93.3 Å². The first-order chi connectivity index (χ1) is 36.4. The van der Waals surface area contributed by atoms with Gasteiger partial charge in [0.15, 0.2) is 0 Å². The Labute approximate surface area is 443 Å². The van der Waals surface area contributed by atoms with Crippen molar-refractivity contribution < 1.29 is 42.6 Å². The minimum atomic E-state index is -1.06. The molecule has 6 aromatic rings. The number of halogens is 2. The Morgan fingerprint density at radius 1 is 0.868 bits per heavy atom. The van der Waals surface area contributed by atoms with E-state index < -0.39 is 53.0 Å². The van der Waals surface area contributed by atoms with E-state index in [1.165, 1.54) is 17.0 Å². The van der Waals surface area contributed by atoms with Crippen molar-refractivity contribution in [2.45, 2.75) is 84.2 Å². The summed E-state index contributed by atoms with van der Waals surface area (Å²) in [5.74, 6) is -3.44. The van der Waals surface area contributed by atoms with E-state index in [0.29, 0.717) is 67.1 Å². The summed E-state index contributed by atoms with van der Waals surface area (Å²) in [4.78, 5) is 79.7. The van der Waals surface area contributed by atoms with Crippen LogP contribution in [0.2, 0.25) is 0 Å². The summed E-state index contributed by atoms with van der Waals surface area (Å²) in [5.41, 5.74) is 7.97. The molecular formula is C56H64F2N10O7S. The Balaban J connectivity index is 0.779. The molecule has 3 aliphatic heterocycles. The summed E-state index contributed by atoms with van der Waals surface area (Å²) < 4.78 is 33.6. The second kappa shape index (κ2) is 23.4. The zero-order chi connectivity index (χ0) is 53.7. The maximum absolute atomic E-state index is 14.4. The molecule has 2 aromatic heterocycles. The predicted octanol–water partition coefficient (Wildman–Crippen LogP) is 5.73. The van der Waals surface area contributed by atoms with E-state index in [2.05, 4.69) is 41.3 Å². The molecular weight excluding hydrogens is 995 g/mol. The second-order valence-corrected chi connectivity index (χ2v) is 21.8. The molecule has 400 valence electrons. The molecule has 76 heavy (non-hydrogen) atoms. The average Bonchev–Trinajstić information content (AvgIpc) is 4.16. The van der Waals surface area contributed by atoms with Gasteiger partial charge in [-0.3, -0.25) is 34.0 Å². The van der Waals surface area contributed by atoms with E-state index in [4.69, 9.17) is 4.74 Å². The molecule has 0 saturated carbocycles. The third-order valence-corrected chi connectivity index (χ3v) is 15.2. The number of β-amino-alcohol motifs (C(OH)–C–C–N with tert-alkyl or cyclic N) is 1. The van der Waals surface area contributed by atoms with Crippen molar-refractivity contribution in [1.82, 2.24) is 40.9 Å². The van der Waals surface area contributed by atoms with E-state index in [1.807, 2.05) is 60.4 Å². The van der Waals surface area contributed by atoms with Crippen molar-refractivity contribution in [1.29, 1.82) is 0 Å². The Morgan fingerprint density at radius 3 is 2.29 bits per heavy atom. The standard InChI is InChI=1S/C56H64F2N10O7S/c1-33-52(76-32-61-33)37-8-5-34(6-9-37)28-60-54(73)47-27-42(69)30-68(47)55(74)53(56(2,3)4)63-48(70)29-59-49(71)31-66-15-17-67(18-16-66)41-10-11-43(46(26-41)62-40-13-19-75-20-14-40)51(72)50-44-24-35(7-12-45(44)64-65-50)21-36-22-38(57)25-39(58)23-36/h5-12,22-26,32,40,42,47,53,62,69H,13-21,27-31H2,1-4H3,(H,59,71)(H,60,73)(H,63,70)(H,64,65)/t42-,47+,53-/m1/s1. The first kappa shape index (κ1) is 53.7. The Morgan fingerprint density at radius 2 is 1.59 bits per heavy atom. The smallest absolute Gasteiger partial charge is 0.246 e. The normalized spacial score (nSPS) is 17.9. The van der Waals surface area contributed by atoms with Crippen LogP contribution in [-0.4, -0.2) is 143 Å². The molecule has 5 heterocycles. The number of aliphatic hydroxyl groups excluding tert-OH is 1. The van der Waals surface area contributed by atoms with Crippen molar-refractivity contribution in [3.63, 3.8) is 0 Å². The second-order valence-electron chi connectivity index (χ2n) is 21.0. The lowest BCUT2D eigenvalue weighted by atomic mass is 9.85. The number of nitrogens with zero attached hydrogens (tertiary/aromatic N) is 5. The molecule has 3 atom stereocenters. The number of ether oxygens (including phenoxy) is 1. The number of likely N-dealkylation sites (tertiary alicyclic amines) is 1. The van der Waals surface area contributed by atoms with Crippen LogP contribution in [-0.2, 0) is 36.9 Å². The average molecular weight is 1060 g/mol. The molecule has 9 rings (SSSR count). The number of aryl methyl sites for hydroxylation is 1. The van der Waals surface area contributed by atoms with Gasteiger partial charge in [0.05, 0.1) is 40.8 Å². The highest BCUT2D eigenvalue weighted by Crippen LogP contribution is 2.32. The van der Waals surface area contributed by atoms with Crippen LogP contribution < -0.4 is 26.2 Å². The fourth-order valence-corrected chi connectivity index (χ4v) is 10.9. The zero-order valence-corrected chi connectivity index (χ0v) is 43.9. The lowest BCUT2D eigenvalue weighted by molar-refractivity contribution is -0.144. The molecule has 0 aliphatic carbocycles. The molecule has 0 bridgehead atoms. The predicted molar refractivity (Wildman–Crippen MR) is 286 cm³/mol. The number of carbonyl (C=O) groups excluding carboxylic acids is 5. The molecule has 6 N–H and O–H groups in total. The number of fused-ring (bicyclic) bond motifs is 1. The summed E-state index contributed by atoms with van der Waals surface area (Å²) in [6.45, 7) is 10.6. The number of aromatic nitrogens is 3. The number of benzene rings is 4. The van der Waals surface area contributed by atoms with Gasteiger partial charge in [-0.2, -0.15) is 5.10 Å². The van der Waals surface area contributed by atoms with Crippen molar-refractivity contribution in [2.24, 2.45) is 5.41 Å². The number of hydrogen-bond donors (Lipinski definition) is 6. The van der Waals surface area contributed by atoms with Gasteiger partial charge in [0.2, 0.25) is 29.4 Å². The maximum atomic E-state index is 14.4. The number of anilines is 2. The van der Waals surface area contributed by atoms with Crippen molar-refractivity contribution in [2.75, 3.05) is 69.2 Å². The topological polar surface area (TPSA) is 214 Å². The van der Waals surface area contributed by atoms with Crippen LogP contribution in [0.1, 0.15) is 78.5 Å². The lowest BCUT2D eigenvalue weighted by Gasteiger charge is -2.36. The molecule has 4 aromatic carbocycles. The van der Waals surface area contributed by atoms with Crippen molar-refractivity contribution in [3.8, 4) is 10.4 Å². The number of piperazine rings is 1. The zero-order valence-electron chi connectivity index (χ0n) is 43.1. The number of hydrogen-bond acceptors (Lipinski definition) is 13. The van der Waals surface area contributed by atoms with E-state index in [-0.39, 0.29) is 62.4 Å². The van der Waals surface area contributed by atoms with Crippen LogP contribution in [0.5, 0.6) is 0 Å². The number of thiazole rings is 1. The van der Waals surface area contributed by atoms with Gasteiger partial charge in [-0.05, 0) is 96.3 Å². The summed E-state index contributed by atoms with van der Waals surface area (Å²) in [5, 5.41) is 30.7. The first-order valence-corrected chi connectivity index (χ1v) is 26.6. The molecule has 3 saturated heterocycles. The van der Waals surface area contributed by atoms with Crippen LogP contribution in [0.25, 0.3) is 21.3 Å². The molecule has 0 spiro atoms. The first-order valence-electron chi connectivity index (χ1n) is 25.7. The summed E-state index contributed by atoms with van der Waals surface area (Å²) in [6, 6.07) is 20.5.